The third kappa shape index (κ3) is 507. The first-order valence-electron chi connectivity index (χ1n) is 2.60. The zero-order valence-electron chi connectivity index (χ0n) is 7.00. The Balaban J connectivity index is -0.0000000450. The van der Waals surface area contributed by atoms with Crippen LogP contribution >= 0.6 is 0 Å². The van der Waals surface area contributed by atoms with Gasteiger partial charge in [-0.05, 0) is 13.8 Å². The number of nitrogens with two attached hydrogens (primary N) is 2. The third-order valence-electron chi connectivity index (χ3n) is 0. The summed E-state index contributed by atoms with van der Waals surface area (Å²) in [6.45, 7) is 1.94. The van der Waals surface area contributed by atoms with Crippen molar-refractivity contribution in [3.63, 3.8) is 0 Å². The molecule has 0 aliphatic rings. The molecule has 4 N–H and O–H groups in total. The molecule has 0 rings (SSSR count). The van der Waals surface area contributed by atoms with E-state index in [1.54, 1.807) is 0 Å². The van der Waals surface area contributed by atoms with Crippen LogP contribution in [-0.2, 0) is 26.7 Å². The van der Waals surface area contributed by atoms with Gasteiger partial charge in [0.25, 0.3) is 0 Å². The fourth-order valence-corrected chi connectivity index (χ4v) is 0. The van der Waals surface area contributed by atoms with Gasteiger partial charge in [-0.2, -0.15) is 0 Å². The topological polar surface area (TPSA) is 149 Å². The number of urea groups is 1. The molecule has 0 aromatic carbocycles. The van der Waals surface area contributed by atoms with Crippen LogP contribution in [0, 0.1) is 0 Å². The molecule has 0 saturated heterocycles. The number of carbonyl (C=O) groups is 3. The van der Waals surface area contributed by atoms with Gasteiger partial charge in [-0.25, -0.2) is 4.79 Å². The molecular weight excluding hydrogens is 232 g/mol. The smallest absolute Gasteiger partial charge is 0.550 e. The Labute approximate surface area is 85.6 Å². The molecule has 0 aliphatic heterocycles. The van der Waals surface area contributed by atoms with Gasteiger partial charge >= 0.3 is 23.1 Å². The number of carbonyl (C=O) groups excluding carboxylic acids is 3. The van der Waals surface area contributed by atoms with Crippen LogP contribution in [0.3, 0.4) is 0 Å². The van der Waals surface area contributed by atoms with Crippen molar-refractivity contribution < 1.29 is 41.7 Å². The zero-order valence-corrected chi connectivity index (χ0v) is 7.94. The molecule has 0 atom stereocenters. The van der Waals surface area contributed by atoms with Gasteiger partial charge in [0.1, 0.15) is 0 Å². The summed E-state index contributed by atoms with van der Waals surface area (Å²) in [5.41, 5.74) is 8.50. The van der Waals surface area contributed by atoms with Gasteiger partial charge < -0.3 is 31.3 Å². The van der Waals surface area contributed by atoms with Crippen molar-refractivity contribution in [1.82, 2.24) is 0 Å². The molecule has 0 bridgehead atoms. The number of hydrogen-bond donors (Lipinski definition) is 2. The molecule has 0 aromatic heterocycles. The minimum atomic E-state index is -1.08. The Morgan fingerprint density at radius 2 is 0.923 bits per heavy atom. The van der Waals surface area contributed by atoms with Gasteiger partial charge in [0.15, 0.2) is 0 Å². The van der Waals surface area contributed by atoms with E-state index in [-0.39, 0.29) is 17.1 Å². The van der Waals surface area contributed by atoms with Gasteiger partial charge in [-0.3, -0.25) is 0 Å². The van der Waals surface area contributed by atoms with E-state index in [2.05, 4.69) is 11.5 Å². The molecule has 0 unspecified atom stereocenters. The minimum Gasteiger partial charge on any atom is -0.550 e. The number of primary amides is 2. The van der Waals surface area contributed by atoms with Crippen molar-refractivity contribution in [2.24, 2.45) is 11.5 Å². The summed E-state index contributed by atoms with van der Waals surface area (Å²) in [6.07, 6.45) is 0. The van der Waals surface area contributed by atoms with Gasteiger partial charge in [0.05, 0.1) is 0 Å². The van der Waals surface area contributed by atoms with Crippen molar-refractivity contribution in [3.8, 4) is 0 Å². The number of rotatable bonds is 0. The fourth-order valence-electron chi connectivity index (χ4n) is 0. The Kier molecular flexibility index (Phi) is 29.6. The average molecular weight is 242 g/mol. The molecule has 2 amide bonds. The number of aliphatic carboxylic acids is 2. The minimum absolute atomic E-state index is 0. The van der Waals surface area contributed by atoms with Crippen molar-refractivity contribution in [3.05, 3.63) is 0 Å². The normalized spacial score (nSPS) is 5.69. The van der Waals surface area contributed by atoms with E-state index >= 15 is 0 Å². The quantitative estimate of drug-likeness (QED) is 0.423. The predicted molar refractivity (Wildman–Crippen MR) is 35.1 cm³/mol. The monoisotopic (exact) mass is 241 g/mol. The molecule has 1 radical (unpaired) electrons. The van der Waals surface area contributed by atoms with Crippen LogP contribution in [0.4, 0.5) is 4.79 Å². The number of amides is 2. The van der Waals surface area contributed by atoms with Crippen molar-refractivity contribution in [1.29, 1.82) is 0 Å². The summed E-state index contributed by atoms with van der Waals surface area (Å²) in [7, 11) is 0. The molecule has 0 saturated carbocycles. The molecule has 13 heavy (non-hydrogen) atoms. The van der Waals surface area contributed by atoms with Gasteiger partial charge in [0.2, 0.25) is 0 Å². The van der Waals surface area contributed by atoms with E-state index in [0.29, 0.717) is 0 Å². The van der Waals surface area contributed by atoms with E-state index in [1.165, 1.54) is 0 Å². The van der Waals surface area contributed by atoms with Gasteiger partial charge in [0, 0.05) is 11.9 Å². The van der Waals surface area contributed by atoms with E-state index < -0.39 is 18.0 Å². The average Bonchev–Trinajstić information content (AvgIpc) is 1.54. The molecule has 7 nitrogen and oxygen atoms in total. The maximum absolute atomic E-state index is 9.00. The first-order valence-corrected chi connectivity index (χ1v) is 2.60. The summed E-state index contributed by atoms with van der Waals surface area (Å²) in [5.74, 6) is -2.17. The zero-order chi connectivity index (χ0) is 10.7. The van der Waals surface area contributed by atoms with Crippen LogP contribution in [-0.4, -0.2) is 18.0 Å². The maximum Gasteiger partial charge on any atom is 2.00 e. The molecule has 0 spiro atoms. The molecule has 0 fully saturated rings. The molecule has 81 valence electrons. The SMILES string of the molecule is CC(=O)[O-].CC(=O)[O-].NC(N)=O.[Cu+2]. The van der Waals surface area contributed by atoms with E-state index in [1.807, 2.05) is 0 Å². The van der Waals surface area contributed by atoms with Crippen LogP contribution in [0.1, 0.15) is 13.8 Å². The Morgan fingerprint density at radius 1 is 0.923 bits per heavy atom. The first-order chi connectivity index (χ1) is 5.20. The van der Waals surface area contributed by atoms with Crippen LogP contribution in [0.5, 0.6) is 0 Å². The summed E-state index contributed by atoms with van der Waals surface area (Å²) in [6, 6.07) is -0.833. The summed E-state index contributed by atoms with van der Waals surface area (Å²) >= 11 is 0. The van der Waals surface area contributed by atoms with Crippen LogP contribution in [0.25, 0.3) is 0 Å². The summed E-state index contributed by atoms with van der Waals surface area (Å²) in [5, 5.41) is 17.8. The molecule has 8 heteroatoms. The van der Waals surface area contributed by atoms with Gasteiger partial charge in [-0.1, -0.05) is 0 Å². The Morgan fingerprint density at radius 3 is 0.923 bits per heavy atom. The molecule has 0 aromatic rings. The summed E-state index contributed by atoms with van der Waals surface area (Å²) in [4.78, 5) is 26.8. The van der Waals surface area contributed by atoms with E-state index in [9.17, 15) is 0 Å². The fraction of sp³-hybridized carbons (Fsp3) is 0.400. The Bertz CT molecular complexity index is 120. The van der Waals surface area contributed by atoms with Crippen molar-refractivity contribution in [2.75, 3.05) is 0 Å². The second-order valence-electron chi connectivity index (χ2n) is 1.39. The maximum atomic E-state index is 9.00. The standard InChI is InChI=1S/2C2H4O2.CH4N2O.Cu/c2*1-2(3)4;2-1(3)4;/h2*1H3,(H,3,4);(H4,2,3,4);/q;;;+2/p-2. The number of carboxylic acid groups (broad SMARTS) is 2. The predicted octanol–water partition coefficient (Wildman–Crippen LogP) is -3.47. The third-order valence-corrected chi connectivity index (χ3v) is 0. The van der Waals surface area contributed by atoms with Crippen LogP contribution in [0.2, 0.25) is 0 Å². The molecular formula is C5H10CuN2O5. The largest absolute Gasteiger partial charge is 2.00 e. The summed E-state index contributed by atoms with van der Waals surface area (Å²) < 4.78 is 0. The van der Waals surface area contributed by atoms with Crippen LogP contribution < -0.4 is 21.7 Å². The second-order valence-corrected chi connectivity index (χ2v) is 1.39. The van der Waals surface area contributed by atoms with Crippen LogP contribution in [0.15, 0.2) is 0 Å². The number of hydrogen-bond acceptors (Lipinski definition) is 5. The Hall–Kier alpha value is -1.27. The van der Waals surface area contributed by atoms with E-state index in [4.69, 9.17) is 24.6 Å². The number of carboxylic acids is 2. The van der Waals surface area contributed by atoms with Crippen molar-refractivity contribution >= 4 is 18.0 Å². The van der Waals surface area contributed by atoms with Gasteiger partial charge in [-0.15, -0.1) is 0 Å². The first kappa shape index (κ1) is 22.6. The molecule has 0 heterocycles. The van der Waals surface area contributed by atoms with Crippen molar-refractivity contribution in [2.45, 2.75) is 13.8 Å². The van der Waals surface area contributed by atoms with E-state index in [0.717, 1.165) is 13.8 Å². The molecule has 0 aliphatic carbocycles. The second kappa shape index (κ2) is 17.0.